The molecular formula is C41H39Cl2F4N7O6. The van der Waals surface area contributed by atoms with Gasteiger partial charge in [-0.3, -0.25) is 10.5 Å². The van der Waals surface area contributed by atoms with Gasteiger partial charge < -0.3 is 42.8 Å². The lowest BCUT2D eigenvalue weighted by Crippen LogP contribution is -3.00. The number of benzene rings is 4. The highest BCUT2D eigenvalue weighted by Gasteiger charge is 2.18. The number of nitrogens with two attached hydrogens (primary N) is 2. The summed E-state index contributed by atoms with van der Waals surface area (Å²) < 4.78 is 74.4. The van der Waals surface area contributed by atoms with E-state index in [9.17, 15) is 27.2 Å². The average Bonchev–Trinajstić information content (AvgIpc) is 3.19. The summed E-state index contributed by atoms with van der Waals surface area (Å²) in [6.45, 7) is 4.46. The third kappa shape index (κ3) is 12.7. The number of quaternary nitrogens is 1. The van der Waals surface area contributed by atoms with Gasteiger partial charge >= 0.3 is 5.91 Å². The largest absolute Gasteiger partial charge is 1.00 e. The van der Waals surface area contributed by atoms with Crippen molar-refractivity contribution >= 4 is 29.1 Å². The minimum Gasteiger partial charge on any atom is -1.00 e. The molecule has 0 spiro atoms. The SMILES string of the molecule is CCOc1cc(F)ccc1-c1cc(Cc2cc(F)c(OC)c(C(N)=O)c2)ncn1.CCOc1cc(F)ccc1-c1cc(Cl)ncn1.COc1cc(F)c(N)cc1C([NH3+])=O.[Cl-]. The highest BCUT2D eigenvalue weighted by atomic mass is 35.5. The second-order valence-corrected chi connectivity index (χ2v) is 12.4. The van der Waals surface area contributed by atoms with E-state index in [1.807, 2.05) is 6.92 Å². The maximum Gasteiger partial charge on any atom is 0.344 e. The fourth-order valence-electron chi connectivity index (χ4n) is 5.40. The Morgan fingerprint density at radius 3 is 1.77 bits per heavy atom. The lowest BCUT2D eigenvalue weighted by molar-refractivity contribution is -0.255. The second kappa shape index (κ2) is 22.6. The molecule has 60 heavy (non-hydrogen) atoms. The lowest BCUT2D eigenvalue weighted by atomic mass is 10.0. The van der Waals surface area contributed by atoms with Gasteiger partial charge in [0.15, 0.2) is 11.6 Å². The molecule has 0 aliphatic heterocycles. The van der Waals surface area contributed by atoms with Crippen molar-refractivity contribution in [2.45, 2.75) is 20.3 Å². The van der Waals surface area contributed by atoms with Crippen LogP contribution in [0.5, 0.6) is 23.0 Å². The fraction of sp³-hybridized carbons (Fsp3) is 0.171. The number of nitrogens with zero attached hydrogens (tertiary/aromatic N) is 4. The normalized spacial score (nSPS) is 10.2. The number of carbonyl (C=O) groups excluding carboxylic acids is 2. The molecule has 0 aliphatic carbocycles. The third-order valence-electron chi connectivity index (χ3n) is 7.97. The molecule has 13 nitrogen and oxygen atoms in total. The predicted molar refractivity (Wildman–Crippen MR) is 211 cm³/mol. The number of primary amides is 1. The number of hydrogen-bond acceptors (Lipinski definition) is 11. The van der Waals surface area contributed by atoms with Gasteiger partial charge in [-0.2, -0.15) is 0 Å². The number of ether oxygens (including phenoxy) is 4. The Morgan fingerprint density at radius 2 is 1.27 bits per heavy atom. The zero-order chi connectivity index (χ0) is 43.2. The number of carbonyl (C=O) groups is 2. The van der Waals surface area contributed by atoms with Crippen LogP contribution in [0.15, 0.2) is 85.5 Å². The molecule has 4 aromatic carbocycles. The molecule has 316 valence electrons. The van der Waals surface area contributed by atoms with Gasteiger partial charge in [0.05, 0.1) is 50.1 Å². The molecule has 2 heterocycles. The molecule has 0 saturated carbocycles. The minimum absolute atomic E-state index is 0. The second-order valence-electron chi connectivity index (χ2n) is 12.0. The van der Waals surface area contributed by atoms with E-state index in [0.717, 1.165) is 6.07 Å². The van der Waals surface area contributed by atoms with Crippen LogP contribution in [0.25, 0.3) is 22.5 Å². The van der Waals surface area contributed by atoms with Crippen LogP contribution < -0.4 is 48.6 Å². The predicted octanol–water partition coefficient (Wildman–Crippen LogP) is 3.66. The average molecular weight is 873 g/mol. The molecule has 2 aromatic heterocycles. The van der Waals surface area contributed by atoms with Crippen LogP contribution in [0.2, 0.25) is 5.15 Å². The van der Waals surface area contributed by atoms with Crippen LogP contribution in [0, 0.1) is 23.3 Å². The van der Waals surface area contributed by atoms with E-state index in [4.69, 9.17) is 42.0 Å². The number of hydrogen-bond donors (Lipinski definition) is 3. The van der Waals surface area contributed by atoms with E-state index in [2.05, 4.69) is 25.7 Å². The summed E-state index contributed by atoms with van der Waals surface area (Å²) in [6, 6.07) is 16.8. The Kier molecular flexibility index (Phi) is 18.0. The summed E-state index contributed by atoms with van der Waals surface area (Å²) in [5.74, 6) is -2.55. The molecular weight excluding hydrogens is 833 g/mol. The molecule has 0 aliphatic rings. The first-order chi connectivity index (χ1) is 28.2. The van der Waals surface area contributed by atoms with Gasteiger partial charge in [-0.25, -0.2) is 42.3 Å². The summed E-state index contributed by atoms with van der Waals surface area (Å²) in [6.07, 6.45) is 2.94. The Hall–Kier alpha value is -6.56. The Bertz CT molecular complexity index is 2450. The van der Waals surface area contributed by atoms with Crippen molar-refractivity contribution in [3.8, 4) is 45.5 Å². The number of methoxy groups -OCH3 is 2. The van der Waals surface area contributed by atoms with Crippen molar-refractivity contribution in [2.24, 2.45) is 5.73 Å². The smallest absolute Gasteiger partial charge is 0.344 e. The van der Waals surface area contributed by atoms with Crippen molar-refractivity contribution in [1.82, 2.24) is 19.9 Å². The zero-order valence-electron chi connectivity index (χ0n) is 32.6. The van der Waals surface area contributed by atoms with E-state index in [1.165, 1.54) is 69.3 Å². The summed E-state index contributed by atoms with van der Waals surface area (Å²) >= 11 is 5.79. The van der Waals surface area contributed by atoms with Crippen LogP contribution in [0.1, 0.15) is 45.8 Å². The summed E-state index contributed by atoms with van der Waals surface area (Å²) in [5.41, 5.74) is 17.3. The Balaban J connectivity index is 0.000000263. The number of amides is 2. The van der Waals surface area contributed by atoms with Gasteiger partial charge in [-0.15, -0.1) is 0 Å². The van der Waals surface area contributed by atoms with Crippen molar-refractivity contribution in [2.75, 3.05) is 33.2 Å². The van der Waals surface area contributed by atoms with Gasteiger partial charge in [0, 0.05) is 47.5 Å². The van der Waals surface area contributed by atoms with Gasteiger partial charge in [-0.1, -0.05) is 11.6 Å². The molecule has 6 rings (SSSR count). The molecule has 0 atom stereocenters. The van der Waals surface area contributed by atoms with Gasteiger partial charge in [0.2, 0.25) is 0 Å². The highest BCUT2D eigenvalue weighted by Crippen LogP contribution is 2.32. The van der Waals surface area contributed by atoms with Crippen LogP contribution >= 0.6 is 11.6 Å². The van der Waals surface area contributed by atoms with Crippen molar-refractivity contribution in [3.63, 3.8) is 0 Å². The van der Waals surface area contributed by atoms with Gasteiger partial charge in [0.25, 0.3) is 5.91 Å². The van der Waals surface area contributed by atoms with E-state index < -0.39 is 29.3 Å². The number of aromatic nitrogens is 4. The molecule has 0 unspecified atom stereocenters. The first kappa shape index (κ1) is 47.8. The summed E-state index contributed by atoms with van der Waals surface area (Å²) in [5, 5.41) is 0.335. The molecule has 0 fully saturated rings. The Labute approximate surface area is 353 Å². The maximum absolute atomic E-state index is 14.3. The van der Waals surface area contributed by atoms with E-state index in [-0.39, 0.29) is 53.0 Å². The first-order valence-corrected chi connectivity index (χ1v) is 17.9. The number of nitrogen functional groups attached to an aromatic ring is 1. The number of anilines is 1. The van der Waals surface area contributed by atoms with E-state index in [0.29, 0.717) is 63.6 Å². The van der Waals surface area contributed by atoms with Crippen LogP contribution in [0.3, 0.4) is 0 Å². The maximum atomic E-state index is 14.3. The molecule has 6 aromatic rings. The van der Waals surface area contributed by atoms with E-state index >= 15 is 0 Å². The molecule has 0 bridgehead atoms. The topological polar surface area (TPSA) is 202 Å². The van der Waals surface area contributed by atoms with Crippen molar-refractivity contribution < 1.29 is 64.2 Å². The molecule has 0 saturated heterocycles. The standard InChI is InChI=1S/C21H19F2N3O3.C12H10ClFN2O.C8H9FN2O2.ClH/c1-3-29-19-9-13(22)4-5-15(19)18-10-14(25-11-26-18)6-12-7-16(21(24)27)20(28-2)17(23)8-12;1-2-17-11-5-8(14)3-4-9(11)10-6-12(13)16-7-15-10;1-13-7-3-5(9)6(10)2-4(7)8(11)12;/h4-5,7-11H,3,6H2,1-2H3,(H2,24,27);3-7H,2H2,1H3;2-3H,10H2,1H3,(H2,11,12);1H. The molecule has 0 radical (unpaired) electrons. The monoisotopic (exact) mass is 871 g/mol. The van der Waals surface area contributed by atoms with Gasteiger partial charge in [-0.05, 0) is 67.9 Å². The number of rotatable bonds is 12. The quantitative estimate of drug-likeness (QED) is 0.0921. The van der Waals surface area contributed by atoms with Crippen LogP contribution in [-0.4, -0.2) is 59.2 Å². The van der Waals surface area contributed by atoms with Crippen molar-refractivity contribution in [1.29, 1.82) is 0 Å². The Morgan fingerprint density at radius 1 is 0.700 bits per heavy atom. The highest BCUT2D eigenvalue weighted by molar-refractivity contribution is 6.29. The number of halogens is 6. The van der Waals surface area contributed by atoms with E-state index in [1.54, 1.807) is 31.2 Å². The minimum atomic E-state index is -0.793. The van der Waals surface area contributed by atoms with Crippen LogP contribution in [0.4, 0.5) is 23.2 Å². The molecule has 7 N–H and O–H groups in total. The van der Waals surface area contributed by atoms with Crippen LogP contribution in [-0.2, 0) is 6.42 Å². The fourth-order valence-corrected chi connectivity index (χ4v) is 5.54. The molecule has 2 amide bonds. The third-order valence-corrected chi connectivity index (χ3v) is 8.18. The van der Waals surface area contributed by atoms with Gasteiger partial charge in [0.1, 0.15) is 58.1 Å². The zero-order valence-corrected chi connectivity index (χ0v) is 34.1. The van der Waals surface area contributed by atoms with Crippen molar-refractivity contribution in [3.05, 3.63) is 136 Å². The molecule has 19 heteroatoms. The first-order valence-electron chi connectivity index (χ1n) is 17.5. The lowest BCUT2D eigenvalue weighted by Gasteiger charge is -2.12. The summed E-state index contributed by atoms with van der Waals surface area (Å²) in [7, 11) is 2.61. The summed E-state index contributed by atoms with van der Waals surface area (Å²) in [4.78, 5) is 38.8.